The predicted molar refractivity (Wildman–Crippen MR) is 79.3 cm³/mol. The third kappa shape index (κ3) is 2.53. The number of fused-ring (bicyclic) bond motifs is 1. The molecule has 1 saturated heterocycles. The summed E-state index contributed by atoms with van der Waals surface area (Å²) in [6.45, 7) is 3.39. The first-order valence-electron chi connectivity index (χ1n) is 7.48. The van der Waals surface area contributed by atoms with Crippen molar-refractivity contribution >= 4 is 11.8 Å². The van der Waals surface area contributed by atoms with Crippen molar-refractivity contribution in [2.45, 2.75) is 38.4 Å². The first kappa shape index (κ1) is 14.1. The average Bonchev–Trinajstić information content (AvgIpc) is 2.91. The van der Waals surface area contributed by atoms with E-state index in [1.54, 1.807) is 4.90 Å². The number of rotatable bonds is 2. The molecule has 2 aliphatic heterocycles. The van der Waals surface area contributed by atoms with Crippen molar-refractivity contribution in [1.82, 2.24) is 10.2 Å². The van der Waals surface area contributed by atoms with Gasteiger partial charge in [0.05, 0.1) is 6.04 Å². The number of hydrogen-bond acceptors (Lipinski definition) is 3. The molecule has 2 unspecified atom stereocenters. The van der Waals surface area contributed by atoms with Crippen LogP contribution in [0, 0.1) is 5.92 Å². The van der Waals surface area contributed by atoms with Gasteiger partial charge in [0.2, 0.25) is 11.8 Å². The van der Waals surface area contributed by atoms with E-state index < -0.39 is 11.9 Å². The van der Waals surface area contributed by atoms with E-state index in [4.69, 9.17) is 5.73 Å². The van der Waals surface area contributed by atoms with Crippen LogP contribution in [-0.2, 0) is 22.6 Å². The van der Waals surface area contributed by atoms with Gasteiger partial charge in [0.15, 0.2) is 0 Å². The van der Waals surface area contributed by atoms with Crippen LogP contribution in [0.4, 0.5) is 0 Å². The molecule has 0 saturated carbocycles. The number of nitrogens with two attached hydrogens (primary N) is 1. The van der Waals surface area contributed by atoms with Crippen LogP contribution in [0.2, 0.25) is 0 Å². The molecule has 2 heterocycles. The van der Waals surface area contributed by atoms with Gasteiger partial charge in [-0.3, -0.25) is 9.59 Å². The second kappa shape index (κ2) is 5.48. The summed E-state index contributed by atoms with van der Waals surface area (Å²) in [6.07, 6.45) is 1.50. The molecular formula is C16H21N3O2. The third-order valence-corrected chi connectivity index (χ3v) is 4.66. The van der Waals surface area contributed by atoms with E-state index in [0.717, 1.165) is 24.1 Å². The van der Waals surface area contributed by atoms with Gasteiger partial charge >= 0.3 is 0 Å². The second-order valence-corrected chi connectivity index (χ2v) is 6.05. The molecule has 2 amide bonds. The van der Waals surface area contributed by atoms with Crippen LogP contribution in [-0.4, -0.2) is 35.3 Å². The summed E-state index contributed by atoms with van der Waals surface area (Å²) in [5, 5.41) is 3.24. The number of carbonyl (C=O) groups is 2. The first-order valence-corrected chi connectivity index (χ1v) is 7.48. The number of amides is 2. The maximum absolute atomic E-state index is 12.8. The molecule has 0 radical (unpaired) electrons. The Labute approximate surface area is 124 Å². The van der Waals surface area contributed by atoms with E-state index >= 15 is 0 Å². The van der Waals surface area contributed by atoms with Crippen LogP contribution in [0.1, 0.15) is 24.5 Å². The van der Waals surface area contributed by atoms with Crippen molar-refractivity contribution in [3.8, 4) is 0 Å². The topological polar surface area (TPSA) is 75.4 Å². The van der Waals surface area contributed by atoms with Crippen LogP contribution in [0.25, 0.3) is 0 Å². The maximum atomic E-state index is 12.8. The summed E-state index contributed by atoms with van der Waals surface area (Å²) in [7, 11) is 0. The maximum Gasteiger partial charge on any atom is 0.240 e. The first-order chi connectivity index (χ1) is 10.1. The normalized spacial score (nSPS) is 28.2. The number of benzene rings is 1. The van der Waals surface area contributed by atoms with Gasteiger partial charge in [0, 0.05) is 13.0 Å². The fraction of sp³-hybridized carbons (Fsp3) is 0.500. The van der Waals surface area contributed by atoms with Crippen molar-refractivity contribution in [3.05, 3.63) is 35.4 Å². The summed E-state index contributed by atoms with van der Waals surface area (Å²) >= 11 is 0. The lowest BCUT2D eigenvalue weighted by atomic mass is 9.92. The number of carbonyl (C=O) groups excluding carboxylic acids is 2. The van der Waals surface area contributed by atoms with Crippen LogP contribution in [0.5, 0.6) is 0 Å². The summed E-state index contributed by atoms with van der Waals surface area (Å²) in [5.41, 5.74) is 7.75. The Balaban J connectivity index is 1.89. The van der Waals surface area contributed by atoms with Gasteiger partial charge in [-0.2, -0.15) is 0 Å². The van der Waals surface area contributed by atoms with E-state index in [9.17, 15) is 9.59 Å². The Hall–Kier alpha value is -1.88. The minimum absolute atomic E-state index is 0.00157. The number of hydrogen-bond donors (Lipinski definition) is 2. The molecule has 2 aliphatic rings. The molecular weight excluding hydrogens is 266 g/mol. The smallest absolute Gasteiger partial charge is 0.240 e. The fourth-order valence-electron chi connectivity index (χ4n) is 3.35. The van der Waals surface area contributed by atoms with Gasteiger partial charge in [-0.25, -0.2) is 0 Å². The zero-order valence-electron chi connectivity index (χ0n) is 12.2. The molecule has 3 atom stereocenters. The van der Waals surface area contributed by atoms with Gasteiger partial charge in [0.25, 0.3) is 0 Å². The standard InChI is InChI=1S/C16H21N3O2/c1-10-6-7-18-14(10)16(21)19-9-12-5-3-2-4-11(12)8-13(19)15(17)20/h2-5,10,13-14,18H,6-9H2,1H3,(H2,17,20)/t10?,13-,14?/m0/s1. The highest BCUT2D eigenvalue weighted by atomic mass is 16.2. The molecule has 1 fully saturated rings. The summed E-state index contributed by atoms with van der Waals surface area (Å²) < 4.78 is 0. The van der Waals surface area contributed by atoms with Crippen molar-refractivity contribution in [2.75, 3.05) is 6.54 Å². The molecule has 21 heavy (non-hydrogen) atoms. The van der Waals surface area contributed by atoms with E-state index in [0.29, 0.717) is 18.9 Å². The number of nitrogens with one attached hydrogen (secondary N) is 1. The van der Waals surface area contributed by atoms with Gasteiger partial charge in [-0.1, -0.05) is 31.2 Å². The van der Waals surface area contributed by atoms with Crippen molar-refractivity contribution < 1.29 is 9.59 Å². The Bertz CT molecular complexity index is 572. The molecule has 112 valence electrons. The van der Waals surface area contributed by atoms with E-state index in [-0.39, 0.29) is 11.9 Å². The Morgan fingerprint density at radius 2 is 2.00 bits per heavy atom. The monoisotopic (exact) mass is 287 g/mol. The van der Waals surface area contributed by atoms with Gasteiger partial charge < -0.3 is 16.0 Å². The summed E-state index contributed by atoms with van der Waals surface area (Å²) in [4.78, 5) is 26.2. The van der Waals surface area contributed by atoms with E-state index in [2.05, 4.69) is 12.2 Å². The van der Waals surface area contributed by atoms with Gasteiger partial charge in [-0.05, 0) is 30.0 Å². The second-order valence-electron chi connectivity index (χ2n) is 6.05. The lowest BCUT2D eigenvalue weighted by Gasteiger charge is -2.37. The van der Waals surface area contributed by atoms with E-state index in [1.807, 2.05) is 24.3 Å². The van der Waals surface area contributed by atoms with Crippen LogP contribution >= 0.6 is 0 Å². The van der Waals surface area contributed by atoms with Crippen LogP contribution in [0.15, 0.2) is 24.3 Å². The SMILES string of the molecule is CC1CCNC1C(=O)N1Cc2ccccc2C[C@H]1C(N)=O. The largest absolute Gasteiger partial charge is 0.368 e. The zero-order valence-corrected chi connectivity index (χ0v) is 12.2. The van der Waals surface area contributed by atoms with Crippen molar-refractivity contribution in [2.24, 2.45) is 11.7 Å². The molecule has 1 aromatic rings. The van der Waals surface area contributed by atoms with Crippen LogP contribution < -0.4 is 11.1 Å². The Morgan fingerprint density at radius 3 is 2.62 bits per heavy atom. The van der Waals surface area contributed by atoms with Crippen LogP contribution in [0.3, 0.4) is 0 Å². The van der Waals surface area contributed by atoms with E-state index in [1.165, 1.54) is 0 Å². The van der Waals surface area contributed by atoms with Crippen molar-refractivity contribution in [1.29, 1.82) is 0 Å². The van der Waals surface area contributed by atoms with Gasteiger partial charge in [0.1, 0.15) is 6.04 Å². The number of primary amides is 1. The molecule has 0 bridgehead atoms. The molecule has 0 aromatic heterocycles. The molecule has 3 N–H and O–H groups in total. The zero-order chi connectivity index (χ0) is 15.0. The Morgan fingerprint density at radius 1 is 1.29 bits per heavy atom. The molecule has 0 spiro atoms. The summed E-state index contributed by atoms with van der Waals surface area (Å²) in [5.74, 6) is -0.134. The fourth-order valence-corrected chi connectivity index (χ4v) is 3.35. The highest BCUT2D eigenvalue weighted by Gasteiger charge is 2.39. The molecule has 5 heteroatoms. The minimum atomic E-state index is -0.540. The number of nitrogens with zero attached hydrogens (tertiary/aromatic N) is 1. The highest BCUT2D eigenvalue weighted by Crippen LogP contribution is 2.26. The minimum Gasteiger partial charge on any atom is -0.368 e. The molecule has 0 aliphatic carbocycles. The third-order valence-electron chi connectivity index (χ3n) is 4.66. The molecule has 1 aromatic carbocycles. The van der Waals surface area contributed by atoms with Crippen molar-refractivity contribution in [3.63, 3.8) is 0 Å². The molecule has 5 nitrogen and oxygen atoms in total. The van der Waals surface area contributed by atoms with Gasteiger partial charge in [-0.15, -0.1) is 0 Å². The quantitative estimate of drug-likeness (QED) is 0.828. The predicted octanol–water partition coefficient (Wildman–Crippen LogP) is 0.423. The lowest BCUT2D eigenvalue weighted by molar-refractivity contribution is -0.142. The average molecular weight is 287 g/mol. The molecule has 3 rings (SSSR count). The Kier molecular flexibility index (Phi) is 3.68. The summed E-state index contributed by atoms with van der Waals surface area (Å²) in [6, 6.07) is 7.19. The lowest BCUT2D eigenvalue weighted by Crippen LogP contribution is -2.56. The highest BCUT2D eigenvalue weighted by molar-refractivity contribution is 5.90.